The van der Waals surface area contributed by atoms with Gasteiger partial charge in [0, 0.05) is 45.0 Å². The van der Waals surface area contributed by atoms with Gasteiger partial charge in [0.05, 0.1) is 17.1 Å². The fourth-order valence-electron chi connectivity index (χ4n) is 3.89. The Morgan fingerprint density at radius 1 is 1.12 bits per heavy atom. The number of likely N-dealkylation sites (N-methyl/N-ethyl adjacent to an activating group) is 1. The monoisotopic (exact) mass is 458 g/mol. The Kier molecular flexibility index (Phi) is 6.07. The van der Waals surface area contributed by atoms with Crippen LogP contribution in [0.4, 0.5) is 11.4 Å². The number of hydrogen-bond acceptors (Lipinski definition) is 6. The van der Waals surface area contributed by atoms with Crippen molar-refractivity contribution in [2.24, 2.45) is 0 Å². The molecular weight excluding hydrogens is 432 g/mol. The van der Waals surface area contributed by atoms with E-state index >= 15 is 0 Å². The van der Waals surface area contributed by atoms with Crippen LogP contribution in [0.25, 0.3) is 0 Å². The van der Waals surface area contributed by atoms with E-state index in [2.05, 4.69) is 10.2 Å². The van der Waals surface area contributed by atoms with Crippen molar-refractivity contribution in [3.05, 3.63) is 48.0 Å². The number of fused-ring (bicyclic) bond motifs is 1. The zero-order valence-corrected chi connectivity index (χ0v) is 18.9. The van der Waals surface area contributed by atoms with Gasteiger partial charge in [-0.2, -0.15) is 4.31 Å². The van der Waals surface area contributed by atoms with E-state index in [9.17, 15) is 18.0 Å². The summed E-state index contributed by atoms with van der Waals surface area (Å²) >= 11 is 0. The molecule has 2 aliphatic rings. The number of aryl methyl sites for hydroxylation is 1. The molecule has 1 fully saturated rings. The van der Waals surface area contributed by atoms with Gasteiger partial charge in [-0.15, -0.1) is 0 Å². The predicted molar refractivity (Wildman–Crippen MR) is 120 cm³/mol. The van der Waals surface area contributed by atoms with Crippen molar-refractivity contribution in [2.75, 3.05) is 56.6 Å². The molecule has 0 bridgehead atoms. The molecule has 1 N–H and O–H groups in total. The molecule has 0 saturated carbocycles. The SMILES string of the molecule is Cc1cc2c(cc1S(=O)(=O)N(C)CC(=O)N1CCN(c3ccccc3)CC1)OCC(=O)N2. The Morgan fingerprint density at radius 2 is 1.81 bits per heavy atom. The van der Waals surface area contributed by atoms with E-state index in [1.807, 2.05) is 30.3 Å². The second-order valence-electron chi connectivity index (χ2n) is 7.92. The highest BCUT2D eigenvalue weighted by molar-refractivity contribution is 7.89. The molecule has 0 atom stereocenters. The minimum atomic E-state index is -3.92. The summed E-state index contributed by atoms with van der Waals surface area (Å²) in [6, 6.07) is 13.0. The second kappa shape index (κ2) is 8.79. The number of sulfonamides is 1. The van der Waals surface area contributed by atoms with Crippen molar-refractivity contribution in [3.8, 4) is 5.75 Å². The molecule has 2 aromatic rings. The predicted octanol–water partition coefficient (Wildman–Crippen LogP) is 1.30. The first-order chi connectivity index (χ1) is 15.3. The first-order valence-electron chi connectivity index (χ1n) is 10.4. The number of carbonyl (C=O) groups is 2. The molecule has 2 aromatic carbocycles. The zero-order chi connectivity index (χ0) is 22.9. The number of anilines is 2. The van der Waals surface area contributed by atoms with E-state index in [0.29, 0.717) is 43.2 Å². The van der Waals surface area contributed by atoms with E-state index in [1.165, 1.54) is 13.1 Å². The molecule has 0 spiro atoms. The number of para-hydroxylation sites is 1. The van der Waals surface area contributed by atoms with Crippen molar-refractivity contribution in [3.63, 3.8) is 0 Å². The van der Waals surface area contributed by atoms with Gasteiger partial charge < -0.3 is 19.9 Å². The summed E-state index contributed by atoms with van der Waals surface area (Å²) in [7, 11) is -2.52. The first kappa shape index (κ1) is 22.1. The van der Waals surface area contributed by atoms with E-state index in [4.69, 9.17) is 4.74 Å². The van der Waals surface area contributed by atoms with Crippen LogP contribution in [0, 0.1) is 6.92 Å². The Hall–Kier alpha value is -3.11. The van der Waals surface area contributed by atoms with E-state index < -0.39 is 10.0 Å². The number of ether oxygens (including phenoxy) is 1. The minimum Gasteiger partial charge on any atom is -0.482 e. The summed E-state index contributed by atoms with van der Waals surface area (Å²) in [6.45, 7) is 3.69. The molecule has 0 aromatic heterocycles. The van der Waals surface area contributed by atoms with Gasteiger partial charge in [-0.25, -0.2) is 8.42 Å². The lowest BCUT2D eigenvalue weighted by molar-refractivity contribution is -0.131. The van der Waals surface area contributed by atoms with Crippen LogP contribution in [0.1, 0.15) is 5.56 Å². The number of hydrogen-bond donors (Lipinski definition) is 1. The lowest BCUT2D eigenvalue weighted by Gasteiger charge is -2.36. The van der Waals surface area contributed by atoms with E-state index in [0.717, 1.165) is 9.99 Å². The number of nitrogens with zero attached hydrogens (tertiary/aromatic N) is 3. The molecule has 32 heavy (non-hydrogen) atoms. The van der Waals surface area contributed by atoms with Crippen molar-refractivity contribution in [2.45, 2.75) is 11.8 Å². The summed E-state index contributed by atoms with van der Waals surface area (Å²) in [5.41, 5.74) is 2.01. The molecular formula is C22H26N4O5S. The Bertz CT molecular complexity index is 1130. The summed E-state index contributed by atoms with van der Waals surface area (Å²) in [5, 5.41) is 2.66. The number of amides is 2. The molecule has 4 rings (SSSR count). The van der Waals surface area contributed by atoms with Crippen LogP contribution in [0.15, 0.2) is 47.4 Å². The normalized spacial score (nSPS) is 16.4. The molecule has 0 radical (unpaired) electrons. The van der Waals surface area contributed by atoms with E-state index in [-0.39, 0.29) is 29.9 Å². The third-order valence-corrected chi connectivity index (χ3v) is 7.66. The number of nitrogens with one attached hydrogen (secondary N) is 1. The fourth-order valence-corrected chi connectivity index (χ4v) is 5.23. The second-order valence-corrected chi connectivity index (χ2v) is 9.93. The molecule has 170 valence electrons. The van der Waals surface area contributed by atoms with Crippen LogP contribution in [-0.2, 0) is 19.6 Å². The maximum Gasteiger partial charge on any atom is 0.262 e. The molecule has 9 nitrogen and oxygen atoms in total. The molecule has 1 saturated heterocycles. The van der Waals surface area contributed by atoms with Crippen LogP contribution >= 0.6 is 0 Å². The highest BCUT2D eigenvalue weighted by atomic mass is 32.2. The fraction of sp³-hybridized carbons (Fsp3) is 0.364. The third-order valence-electron chi connectivity index (χ3n) is 5.71. The molecule has 2 heterocycles. The van der Waals surface area contributed by atoms with Gasteiger partial charge in [0.2, 0.25) is 15.9 Å². The summed E-state index contributed by atoms with van der Waals surface area (Å²) in [6.07, 6.45) is 0. The molecule has 0 aliphatic carbocycles. The maximum absolute atomic E-state index is 13.2. The Labute approximate surface area is 187 Å². The van der Waals surface area contributed by atoms with Crippen LogP contribution in [0.3, 0.4) is 0 Å². The summed E-state index contributed by atoms with van der Waals surface area (Å²) in [4.78, 5) is 28.3. The first-order valence-corrected chi connectivity index (χ1v) is 11.8. The van der Waals surface area contributed by atoms with Crippen LogP contribution in [-0.4, -0.2) is 75.8 Å². The highest BCUT2D eigenvalue weighted by Crippen LogP contribution is 2.33. The van der Waals surface area contributed by atoms with Crippen LogP contribution < -0.4 is 15.0 Å². The van der Waals surface area contributed by atoms with Crippen LogP contribution in [0.2, 0.25) is 0 Å². The lowest BCUT2D eigenvalue weighted by Crippen LogP contribution is -2.51. The van der Waals surface area contributed by atoms with Gasteiger partial charge in [-0.1, -0.05) is 18.2 Å². The highest BCUT2D eigenvalue weighted by Gasteiger charge is 2.30. The quantitative estimate of drug-likeness (QED) is 0.725. The molecule has 2 amide bonds. The Balaban J connectivity index is 1.42. The van der Waals surface area contributed by atoms with Crippen molar-refractivity contribution in [1.29, 1.82) is 0 Å². The topological polar surface area (TPSA) is 99.3 Å². The van der Waals surface area contributed by atoms with Crippen LogP contribution in [0.5, 0.6) is 5.75 Å². The van der Waals surface area contributed by atoms with Gasteiger partial charge in [0.25, 0.3) is 5.91 Å². The average Bonchev–Trinajstić information content (AvgIpc) is 2.79. The third kappa shape index (κ3) is 4.42. The zero-order valence-electron chi connectivity index (χ0n) is 18.1. The number of carbonyl (C=O) groups excluding carboxylic acids is 2. The Morgan fingerprint density at radius 3 is 2.50 bits per heavy atom. The van der Waals surface area contributed by atoms with Gasteiger partial charge in [-0.3, -0.25) is 9.59 Å². The number of piperazine rings is 1. The average molecular weight is 459 g/mol. The van der Waals surface area contributed by atoms with Crippen molar-refractivity contribution in [1.82, 2.24) is 9.21 Å². The van der Waals surface area contributed by atoms with Gasteiger partial charge in [0.1, 0.15) is 5.75 Å². The standard InChI is InChI=1S/C22H26N4O5S/c1-16-12-18-19(31-15-21(27)23-18)13-20(16)32(29,30)24(2)14-22(28)26-10-8-25(9-11-26)17-6-4-3-5-7-17/h3-7,12-13H,8-11,14-15H2,1-2H3,(H,23,27). The number of rotatable bonds is 5. The minimum absolute atomic E-state index is 0.0524. The van der Waals surface area contributed by atoms with E-state index in [1.54, 1.807) is 17.9 Å². The van der Waals surface area contributed by atoms with Gasteiger partial charge >= 0.3 is 0 Å². The maximum atomic E-state index is 13.2. The van der Waals surface area contributed by atoms with Gasteiger partial charge in [-0.05, 0) is 30.7 Å². The summed E-state index contributed by atoms with van der Waals surface area (Å²) < 4.78 is 32.7. The molecule has 0 unspecified atom stereocenters. The van der Waals surface area contributed by atoms with Crippen molar-refractivity contribution >= 4 is 33.2 Å². The number of benzene rings is 2. The smallest absolute Gasteiger partial charge is 0.262 e. The summed E-state index contributed by atoms with van der Waals surface area (Å²) in [5.74, 6) is -0.226. The largest absolute Gasteiger partial charge is 0.482 e. The van der Waals surface area contributed by atoms with Gasteiger partial charge in [0.15, 0.2) is 6.61 Å². The molecule has 2 aliphatic heterocycles. The van der Waals surface area contributed by atoms with Crippen molar-refractivity contribution < 1.29 is 22.7 Å². The molecule has 10 heteroatoms. The lowest BCUT2D eigenvalue weighted by atomic mass is 10.2.